The fourth-order valence-electron chi connectivity index (χ4n) is 2.53. The third kappa shape index (κ3) is 2.38. The quantitative estimate of drug-likeness (QED) is 0.800. The lowest BCUT2D eigenvalue weighted by molar-refractivity contribution is 0.499. The summed E-state index contributed by atoms with van der Waals surface area (Å²) in [5, 5.41) is 1.03. The number of hydrogen-bond acceptors (Lipinski definition) is 3. The number of fused-ring (bicyclic) bond motifs is 1. The molecule has 0 aliphatic carbocycles. The summed E-state index contributed by atoms with van der Waals surface area (Å²) >= 11 is 0. The Morgan fingerprint density at radius 1 is 1.14 bits per heavy atom. The zero-order chi connectivity index (χ0) is 14.9. The molecule has 0 saturated carbocycles. The summed E-state index contributed by atoms with van der Waals surface area (Å²) in [5.41, 5.74) is 8.37. The average molecular weight is 281 g/mol. The Hall–Kier alpha value is -2.33. The maximum atomic E-state index is 13.1. The van der Waals surface area contributed by atoms with Gasteiger partial charge in [-0.25, -0.2) is 4.39 Å². The average Bonchev–Trinajstić information content (AvgIpc) is 2.54. The van der Waals surface area contributed by atoms with Crippen molar-refractivity contribution in [3.05, 3.63) is 71.9 Å². The van der Waals surface area contributed by atoms with Gasteiger partial charge < -0.3 is 5.73 Å². The van der Waals surface area contributed by atoms with Crippen molar-refractivity contribution in [3.8, 4) is 0 Å². The molecule has 2 heterocycles. The molecule has 1 atom stereocenters. The van der Waals surface area contributed by atoms with E-state index in [-0.39, 0.29) is 5.82 Å². The van der Waals surface area contributed by atoms with Gasteiger partial charge in [-0.15, -0.1) is 0 Å². The van der Waals surface area contributed by atoms with Gasteiger partial charge in [-0.1, -0.05) is 19.1 Å². The Balaban J connectivity index is 2.14. The molecule has 1 unspecified atom stereocenters. The number of benzene rings is 1. The number of hydrogen-bond donors (Lipinski definition) is 1. The van der Waals surface area contributed by atoms with Gasteiger partial charge in [-0.05, 0) is 42.3 Å². The van der Waals surface area contributed by atoms with Crippen LogP contribution in [0, 0.1) is 5.82 Å². The second-order valence-corrected chi connectivity index (χ2v) is 5.10. The lowest BCUT2D eigenvalue weighted by Crippen LogP contribution is -2.38. The molecule has 0 amide bonds. The summed E-state index contributed by atoms with van der Waals surface area (Å²) < 4.78 is 13.1. The van der Waals surface area contributed by atoms with Gasteiger partial charge in [-0.3, -0.25) is 9.97 Å². The molecule has 0 spiro atoms. The zero-order valence-corrected chi connectivity index (χ0v) is 11.8. The van der Waals surface area contributed by atoms with E-state index in [9.17, 15) is 4.39 Å². The highest BCUT2D eigenvalue weighted by molar-refractivity contribution is 5.79. The molecule has 2 aromatic heterocycles. The van der Waals surface area contributed by atoms with Crippen LogP contribution in [-0.4, -0.2) is 9.97 Å². The fraction of sp³-hybridized carbons (Fsp3) is 0.176. The largest absolute Gasteiger partial charge is 0.316 e. The minimum absolute atomic E-state index is 0.361. The van der Waals surface area contributed by atoms with Gasteiger partial charge in [0.15, 0.2) is 0 Å². The second-order valence-electron chi connectivity index (χ2n) is 5.10. The van der Waals surface area contributed by atoms with E-state index in [2.05, 4.69) is 9.97 Å². The van der Waals surface area contributed by atoms with E-state index in [0.29, 0.717) is 12.1 Å². The molecule has 0 aliphatic rings. The van der Waals surface area contributed by atoms with E-state index in [1.54, 1.807) is 12.3 Å². The molecule has 0 aliphatic heterocycles. The maximum Gasteiger partial charge on any atom is 0.141 e. The lowest BCUT2D eigenvalue weighted by Gasteiger charge is -2.28. The number of rotatable bonds is 3. The number of pyridine rings is 2. The predicted octanol–water partition coefficient (Wildman–Crippen LogP) is 3.38. The Morgan fingerprint density at radius 2 is 2.00 bits per heavy atom. The zero-order valence-electron chi connectivity index (χ0n) is 11.8. The molecule has 0 radical (unpaired) electrons. The van der Waals surface area contributed by atoms with Crippen molar-refractivity contribution in [1.29, 1.82) is 0 Å². The summed E-state index contributed by atoms with van der Waals surface area (Å²) in [5.74, 6) is -0.361. The summed E-state index contributed by atoms with van der Waals surface area (Å²) in [4.78, 5) is 8.47. The summed E-state index contributed by atoms with van der Waals surface area (Å²) in [6.07, 6.45) is 3.63. The highest BCUT2D eigenvalue weighted by atomic mass is 19.1. The molecule has 0 fully saturated rings. The van der Waals surface area contributed by atoms with E-state index in [1.165, 1.54) is 12.3 Å². The molecule has 1 aromatic carbocycles. The molecule has 3 nitrogen and oxygen atoms in total. The van der Waals surface area contributed by atoms with Gasteiger partial charge in [0.1, 0.15) is 5.82 Å². The molecular formula is C17H16FN3. The van der Waals surface area contributed by atoms with Crippen LogP contribution in [0.15, 0.2) is 54.9 Å². The summed E-state index contributed by atoms with van der Waals surface area (Å²) in [6.45, 7) is 2.00. The third-order valence-corrected chi connectivity index (χ3v) is 3.86. The first-order chi connectivity index (χ1) is 10.1. The maximum absolute atomic E-state index is 13.1. The fourth-order valence-corrected chi connectivity index (χ4v) is 2.53. The van der Waals surface area contributed by atoms with Crippen molar-refractivity contribution in [2.24, 2.45) is 5.73 Å². The molecule has 3 rings (SSSR count). The van der Waals surface area contributed by atoms with E-state index in [1.807, 2.05) is 37.3 Å². The van der Waals surface area contributed by atoms with Crippen molar-refractivity contribution in [2.75, 3.05) is 0 Å². The molecule has 21 heavy (non-hydrogen) atoms. The molecular weight excluding hydrogens is 265 g/mol. The van der Waals surface area contributed by atoms with Crippen LogP contribution in [0.25, 0.3) is 10.9 Å². The van der Waals surface area contributed by atoms with E-state index in [4.69, 9.17) is 5.73 Å². The van der Waals surface area contributed by atoms with Crippen LogP contribution < -0.4 is 5.73 Å². The Kier molecular flexibility index (Phi) is 3.39. The normalized spacial score (nSPS) is 14.0. The van der Waals surface area contributed by atoms with Gasteiger partial charge >= 0.3 is 0 Å². The van der Waals surface area contributed by atoms with Crippen LogP contribution in [0.5, 0.6) is 0 Å². The minimum atomic E-state index is -0.738. The highest BCUT2D eigenvalue weighted by Gasteiger charge is 2.29. The third-order valence-electron chi connectivity index (χ3n) is 3.86. The first-order valence-corrected chi connectivity index (χ1v) is 6.89. The van der Waals surface area contributed by atoms with Gasteiger partial charge in [-0.2, -0.15) is 0 Å². The van der Waals surface area contributed by atoms with Crippen LogP contribution >= 0.6 is 0 Å². The molecule has 106 valence electrons. The first-order valence-electron chi connectivity index (χ1n) is 6.89. The van der Waals surface area contributed by atoms with Crippen LogP contribution in [0.2, 0.25) is 0 Å². The topological polar surface area (TPSA) is 51.8 Å². The Bertz CT molecular complexity index is 770. The standard InChI is InChI=1S/C17H16FN3/c1-2-17(19,16-8-6-14(18)11-21-16)13-5-7-15-12(10-13)4-3-9-20-15/h3-11H,2,19H2,1H3. The molecule has 0 saturated heterocycles. The van der Waals surface area contributed by atoms with Crippen LogP contribution in [0.1, 0.15) is 24.6 Å². The SMILES string of the molecule is CCC(N)(c1ccc2ncccc2c1)c1ccc(F)cn1. The number of halogens is 1. The molecule has 4 heteroatoms. The van der Waals surface area contributed by atoms with E-state index in [0.717, 1.165) is 16.5 Å². The smallest absolute Gasteiger partial charge is 0.141 e. The number of aromatic nitrogens is 2. The van der Waals surface area contributed by atoms with Crippen molar-refractivity contribution < 1.29 is 4.39 Å². The predicted molar refractivity (Wildman–Crippen MR) is 81.2 cm³/mol. The van der Waals surface area contributed by atoms with E-state index >= 15 is 0 Å². The van der Waals surface area contributed by atoms with Crippen LogP contribution in [0.3, 0.4) is 0 Å². The summed E-state index contributed by atoms with van der Waals surface area (Å²) in [7, 11) is 0. The van der Waals surface area contributed by atoms with Gasteiger partial charge in [0.05, 0.1) is 22.9 Å². The molecule has 2 N–H and O–H groups in total. The second kappa shape index (κ2) is 5.22. The summed E-state index contributed by atoms with van der Waals surface area (Å²) in [6, 6.07) is 12.9. The van der Waals surface area contributed by atoms with Crippen LogP contribution in [0.4, 0.5) is 4.39 Å². The molecule has 0 bridgehead atoms. The molecule has 3 aromatic rings. The van der Waals surface area contributed by atoms with Crippen molar-refractivity contribution in [2.45, 2.75) is 18.9 Å². The lowest BCUT2D eigenvalue weighted by atomic mass is 9.84. The van der Waals surface area contributed by atoms with Crippen molar-refractivity contribution in [3.63, 3.8) is 0 Å². The number of nitrogens with zero attached hydrogens (tertiary/aromatic N) is 2. The monoisotopic (exact) mass is 281 g/mol. The highest BCUT2D eigenvalue weighted by Crippen LogP contribution is 2.30. The van der Waals surface area contributed by atoms with Crippen molar-refractivity contribution >= 4 is 10.9 Å². The van der Waals surface area contributed by atoms with Gasteiger partial charge in [0, 0.05) is 11.6 Å². The Morgan fingerprint density at radius 3 is 2.71 bits per heavy atom. The number of nitrogens with two attached hydrogens (primary N) is 1. The van der Waals surface area contributed by atoms with E-state index < -0.39 is 5.54 Å². The van der Waals surface area contributed by atoms with Crippen LogP contribution in [-0.2, 0) is 5.54 Å². The minimum Gasteiger partial charge on any atom is -0.316 e. The van der Waals surface area contributed by atoms with Crippen molar-refractivity contribution in [1.82, 2.24) is 9.97 Å². The Labute approximate surface area is 122 Å². The van der Waals surface area contributed by atoms with Gasteiger partial charge in [0.25, 0.3) is 0 Å². The first kappa shape index (κ1) is 13.6. The van der Waals surface area contributed by atoms with Gasteiger partial charge in [0.2, 0.25) is 0 Å².